The van der Waals surface area contributed by atoms with E-state index in [4.69, 9.17) is 9.90 Å². The van der Waals surface area contributed by atoms with Crippen LogP contribution in [-0.4, -0.2) is 40.5 Å². The number of aryl methyl sites for hydroxylation is 1. The van der Waals surface area contributed by atoms with E-state index in [2.05, 4.69) is 4.98 Å². The Hall–Kier alpha value is -3.03. The lowest BCUT2D eigenvalue weighted by Gasteiger charge is -2.16. The van der Waals surface area contributed by atoms with Gasteiger partial charge in [-0.1, -0.05) is 0 Å². The smallest absolute Gasteiger partial charge is 0.290 e. The maximum atomic E-state index is 13.3. The number of hydrogen-bond acceptors (Lipinski definition) is 3. The largest absolute Gasteiger partial charge is 0.483 e. The SMILES string of the molecule is Cc1cc(=O)c(C(=O)N2CCC(Cc3cc(F)cc(F)c3)C2)c[nH]1.O=CO. The monoisotopic (exact) mass is 378 g/mol. The second kappa shape index (κ2) is 9.07. The van der Waals surface area contributed by atoms with Gasteiger partial charge in [-0.25, -0.2) is 8.78 Å². The number of nitrogens with one attached hydrogen (secondary N) is 1. The minimum absolute atomic E-state index is 0.123. The molecule has 0 aliphatic carbocycles. The summed E-state index contributed by atoms with van der Waals surface area (Å²) in [5.74, 6) is -1.37. The van der Waals surface area contributed by atoms with Crippen LogP contribution in [-0.2, 0) is 11.2 Å². The van der Waals surface area contributed by atoms with Crippen LogP contribution in [0.25, 0.3) is 0 Å². The lowest BCUT2D eigenvalue weighted by Crippen LogP contribution is -2.32. The standard InChI is InChI=1S/C18H18F2N2O2.CH2O2/c1-11-4-17(23)16(9-21-11)18(24)22-3-2-12(10-22)5-13-6-14(19)8-15(20)7-13;2-1-3/h4,6-9,12H,2-3,5,10H2,1H3,(H,21,23);1H,(H,2,3). The van der Waals surface area contributed by atoms with E-state index in [-0.39, 0.29) is 29.3 Å². The quantitative estimate of drug-likeness (QED) is 0.803. The number of hydrogen-bond donors (Lipinski definition) is 2. The summed E-state index contributed by atoms with van der Waals surface area (Å²) in [6, 6.07) is 4.88. The van der Waals surface area contributed by atoms with Crippen molar-refractivity contribution in [3.05, 3.63) is 69.1 Å². The van der Waals surface area contributed by atoms with Gasteiger partial charge in [0.2, 0.25) is 0 Å². The van der Waals surface area contributed by atoms with E-state index in [1.54, 1.807) is 11.8 Å². The number of aromatic amines is 1. The van der Waals surface area contributed by atoms with Gasteiger partial charge in [0.1, 0.15) is 17.2 Å². The van der Waals surface area contributed by atoms with E-state index in [1.165, 1.54) is 24.4 Å². The lowest BCUT2D eigenvalue weighted by molar-refractivity contribution is -0.122. The second-order valence-electron chi connectivity index (χ2n) is 6.39. The number of carbonyl (C=O) groups excluding carboxylic acids is 1. The lowest BCUT2D eigenvalue weighted by atomic mass is 9.98. The van der Waals surface area contributed by atoms with Crippen LogP contribution in [0.2, 0.25) is 0 Å². The summed E-state index contributed by atoms with van der Waals surface area (Å²) in [4.78, 5) is 37.3. The van der Waals surface area contributed by atoms with Crippen molar-refractivity contribution in [2.24, 2.45) is 5.92 Å². The Morgan fingerprint density at radius 3 is 2.52 bits per heavy atom. The van der Waals surface area contributed by atoms with Crippen LogP contribution in [0.15, 0.2) is 35.3 Å². The molecular weight excluding hydrogens is 358 g/mol. The highest BCUT2D eigenvalue weighted by molar-refractivity contribution is 5.94. The van der Waals surface area contributed by atoms with Crippen molar-refractivity contribution in [2.45, 2.75) is 19.8 Å². The van der Waals surface area contributed by atoms with E-state index in [9.17, 15) is 18.4 Å². The van der Waals surface area contributed by atoms with E-state index in [1.807, 2.05) is 0 Å². The number of carboxylic acid groups (broad SMARTS) is 1. The van der Waals surface area contributed by atoms with Crippen LogP contribution in [0.4, 0.5) is 8.78 Å². The zero-order chi connectivity index (χ0) is 20.0. The first-order chi connectivity index (χ1) is 12.8. The summed E-state index contributed by atoms with van der Waals surface area (Å²) in [5, 5.41) is 6.89. The molecule has 1 unspecified atom stereocenters. The molecule has 3 rings (SSSR count). The van der Waals surface area contributed by atoms with Crippen molar-refractivity contribution in [1.29, 1.82) is 0 Å². The Morgan fingerprint density at radius 1 is 1.30 bits per heavy atom. The van der Waals surface area contributed by atoms with Crippen LogP contribution < -0.4 is 5.43 Å². The van der Waals surface area contributed by atoms with Crippen LogP contribution in [0.3, 0.4) is 0 Å². The van der Waals surface area contributed by atoms with Crippen LogP contribution in [0, 0.1) is 24.5 Å². The predicted molar refractivity (Wildman–Crippen MR) is 94.6 cm³/mol. The van der Waals surface area contributed by atoms with Gasteiger partial charge in [-0.3, -0.25) is 14.4 Å². The molecule has 144 valence electrons. The summed E-state index contributed by atoms with van der Waals surface area (Å²) < 4.78 is 26.5. The van der Waals surface area contributed by atoms with Crippen LogP contribution in [0.1, 0.15) is 28.0 Å². The average Bonchev–Trinajstić information content (AvgIpc) is 3.02. The fraction of sp³-hybridized carbons (Fsp3) is 0.316. The summed E-state index contributed by atoms with van der Waals surface area (Å²) in [5.41, 5.74) is 1.11. The first kappa shape index (κ1) is 20.3. The highest BCUT2D eigenvalue weighted by Gasteiger charge is 2.28. The molecule has 0 radical (unpaired) electrons. The molecule has 1 amide bonds. The number of amides is 1. The normalized spacial score (nSPS) is 15.8. The van der Waals surface area contributed by atoms with Crippen molar-refractivity contribution in [2.75, 3.05) is 13.1 Å². The molecule has 2 aromatic rings. The molecule has 1 saturated heterocycles. The van der Waals surface area contributed by atoms with Gasteiger partial charge in [-0.2, -0.15) is 0 Å². The molecule has 1 fully saturated rings. The van der Waals surface area contributed by atoms with Gasteiger partial charge < -0.3 is 15.0 Å². The predicted octanol–water partition coefficient (Wildman–Crippen LogP) is 2.37. The van der Waals surface area contributed by atoms with Gasteiger partial charge in [0.15, 0.2) is 5.43 Å². The maximum absolute atomic E-state index is 13.3. The molecule has 2 heterocycles. The molecule has 1 aromatic carbocycles. The molecule has 1 aromatic heterocycles. The number of carbonyl (C=O) groups is 2. The third kappa shape index (κ3) is 5.47. The van der Waals surface area contributed by atoms with Gasteiger partial charge in [-0.05, 0) is 43.4 Å². The van der Waals surface area contributed by atoms with Gasteiger partial charge in [0, 0.05) is 37.1 Å². The molecule has 0 saturated carbocycles. The van der Waals surface area contributed by atoms with Crippen LogP contribution in [0.5, 0.6) is 0 Å². The zero-order valence-corrected chi connectivity index (χ0v) is 14.7. The van der Waals surface area contributed by atoms with Crippen molar-refractivity contribution in [3.63, 3.8) is 0 Å². The first-order valence-corrected chi connectivity index (χ1v) is 8.35. The Kier molecular flexibility index (Phi) is 6.81. The Morgan fingerprint density at radius 2 is 1.93 bits per heavy atom. The zero-order valence-electron chi connectivity index (χ0n) is 14.7. The molecule has 27 heavy (non-hydrogen) atoms. The molecule has 1 atom stereocenters. The summed E-state index contributed by atoms with van der Waals surface area (Å²) in [6.07, 6.45) is 2.69. The molecule has 0 bridgehead atoms. The third-order valence-corrected chi connectivity index (χ3v) is 4.31. The highest BCUT2D eigenvalue weighted by Crippen LogP contribution is 2.23. The van der Waals surface area contributed by atoms with Gasteiger partial charge in [-0.15, -0.1) is 0 Å². The summed E-state index contributed by atoms with van der Waals surface area (Å²) in [7, 11) is 0. The van der Waals surface area contributed by atoms with E-state index >= 15 is 0 Å². The fourth-order valence-corrected chi connectivity index (χ4v) is 3.16. The van der Waals surface area contributed by atoms with Gasteiger partial charge in [0.05, 0.1) is 0 Å². The number of halogens is 2. The molecule has 1 aliphatic rings. The number of rotatable bonds is 3. The second-order valence-corrected chi connectivity index (χ2v) is 6.39. The molecule has 1 aliphatic heterocycles. The molecular formula is C19H20F2N2O4. The van der Waals surface area contributed by atoms with Crippen molar-refractivity contribution in [1.82, 2.24) is 9.88 Å². The summed E-state index contributed by atoms with van der Waals surface area (Å²) >= 11 is 0. The minimum atomic E-state index is -0.595. The number of likely N-dealkylation sites (tertiary alicyclic amines) is 1. The third-order valence-electron chi connectivity index (χ3n) is 4.31. The Bertz CT molecular complexity index is 862. The summed E-state index contributed by atoms with van der Waals surface area (Å²) in [6.45, 7) is 2.51. The number of pyridine rings is 1. The molecule has 8 heteroatoms. The van der Waals surface area contributed by atoms with Crippen molar-refractivity contribution < 1.29 is 23.5 Å². The van der Waals surface area contributed by atoms with Crippen molar-refractivity contribution >= 4 is 12.4 Å². The van der Waals surface area contributed by atoms with E-state index in [0.29, 0.717) is 30.8 Å². The molecule has 6 nitrogen and oxygen atoms in total. The molecule has 0 spiro atoms. The fourth-order valence-electron chi connectivity index (χ4n) is 3.16. The Labute approximate surface area is 154 Å². The minimum Gasteiger partial charge on any atom is -0.483 e. The topological polar surface area (TPSA) is 90.5 Å². The van der Waals surface area contributed by atoms with Crippen LogP contribution >= 0.6 is 0 Å². The van der Waals surface area contributed by atoms with E-state index < -0.39 is 11.6 Å². The number of H-pyrrole nitrogens is 1. The van der Waals surface area contributed by atoms with Gasteiger partial charge in [0.25, 0.3) is 12.4 Å². The van der Waals surface area contributed by atoms with Crippen molar-refractivity contribution in [3.8, 4) is 0 Å². The number of aromatic nitrogens is 1. The first-order valence-electron chi connectivity index (χ1n) is 8.35. The van der Waals surface area contributed by atoms with E-state index in [0.717, 1.165) is 12.5 Å². The number of nitrogens with zero attached hydrogens (tertiary/aromatic N) is 1. The Balaban J connectivity index is 0.000000817. The molecule has 2 N–H and O–H groups in total. The highest BCUT2D eigenvalue weighted by atomic mass is 19.1. The average molecular weight is 378 g/mol. The number of benzene rings is 1. The maximum Gasteiger partial charge on any atom is 0.290 e. The van der Waals surface area contributed by atoms with Gasteiger partial charge >= 0.3 is 0 Å².